The standard InChI is InChI=1S/C13H15Cl2FO4S/c14-11-2-1-10(7-12(11)16)20-8-13(9-21(15,17)18)3-5-19-6-4-13/h1-2,7H,3-6,8-9H2. The molecule has 4 nitrogen and oxygen atoms in total. The molecule has 1 aliphatic rings. The summed E-state index contributed by atoms with van der Waals surface area (Å²) in [4.78, 5) is 0. The molecule has 1 aromatic carbocycles. The van der Waals surface area contributed by atoms with Gasteiger partial charge < -0.3 is 9.47 Å². The van der Waals surface area contributed by atoms with Gasteiger partial charge in [-0.2, -0.15) is 0 Å². The Balaban J connectivity index is 2.10. The Morgan fingerprint density at radius 2 is 2.00 bits per heavy atom. The van der Waals surface area contributed by atoms with Crippen LogP contribution in [0.2, 0.25) is 5.02 Å². The second kappa shape index (κ2) is 6.69. The van der Waals surface area contributed by atoms with Crippen LogP contribution in [0.1, 0.15) is 12.8 Å². The van der Waals surface area contributed by atoms with Crippen LogP contribution in [0.5, 0.6) is 5.75 Å². The largest absolute Gasteiger partial charge is 0.493 e. The van der Waals surface area contributed by atoms with Crippen molar-refractivity contribution in [3.05, 3.63) is 29.0 Å². The molecular weight excluding hydrogens is 342 g/mol. The van der Waals surface area contributed by atoms with Crippen molar-refractivity contribution in [2.75, 3.05) is 25.6 Å². The maximum Gasteiger partial charge on any atom is 0.233 e. The van der Waals surface area contributed by atoms with Gasteiger partial charge in [-0.05, 0) is 25.0 Å². The monoisotopic (exact) mass is 356 g/mol. The molecule has 1 aromatic rings. The van der Waals surface area contributed by atoms with Crippen molar-refractivity contribution in [3.63, 3.8) is 0 Å². The van der Waals surface area contributed by atoms with Gasteiger partial charge >= 0.3 is 0 Å². The van der Waals surface area contributed by atoms with E-state index in [0.717, 1.165) is 0 Å². The van der Waals surface area contributed by atoms with Crippen LogP contribution in [0.15, 0.2) is 18.2 Å². The molecule has 0 spiro atoms. The topological polar surface area (TPSA) is 52.6 Å². The Kier molecular flexibility index (Phi) is 5.35. The second-order valence-corrected chi connectivity index (χ2v) is 8.34. The van der Waals surface area contributed by atoms with Gasteiger partial charge in [0.25, 0.3) is 0 Å². The summed E-state index contributed by atoms with van der Waals surface area (Å²) in [5, 5.41) is 0.00599. The molecule has 0 aromatic heterocycles. The van der Waals surface area contributed by atoms with Crippen LogP contribution in [0.3, 0.4) is 0 Å². The van der Waals surface area contributed by atoms with Crippen LogP contribution in [-0.4, -0.2) is 34.0 Å². The summed E-state index contributed by atoms with van der Waals surface area (Å²) < 4.78 is 47.0. The first-order chi connectivity index (χ1) is 9.80. The van der Waals surface area contributed by atoms with E-state index < -0.39 is 20.3 Å². The van der Waals surface area contributed by atoms with Gasteiger partial charge in [-0.25, -0.2) is 12.8 Å². The number of ether oxygens (including phenoxy) is 2. The van der Waals surface area contributed by atoms with E-state index in [1.165, 1.54) is 18.2 Å². The summed E-state index contributed by atoms with van der Waals surface area (Å²) in [6.45, 7) is 1.03. The highest BCUT2D eigenvalue weighted by molar-refractivity contribution is 8.13. The predicted octanol–water partition coefficient (Wildman–Crippen LogP) is 3.22. The summed E-state index contributed by atoms with van der Waals surface area (Å²) in [6, 6.07) is 4.10. The molecular formula is C13H15Cl2FO4S. The zero-order chi connectivity index (χ0) is 15.5. The third kappa shape index (κ3) is 4.98. The van der Waals surface area contributed by atoms with E-state index in [0.29, 0.717) is 31.8 Å². The van der Waals surface area contributed by atoms with Gasteiger partial charge in [-0.1, -0.05) is 11.6 Å². The molecule has 0 saturated carbocycles. The average Bonchev–Trinajstić information content (AvgIpc) is 2.39. The fraction of sp³-hybridized carbons (Fsp3) is 0.538. The van der Waals surface area contributed by atoms with E-state index in [-0.39, 0.29) is 17.4 Å². The summed E-state index contributed by atoms with van der Waals surface area (Å²) >= 11 is 5.60. The van der Waals surface area contributed by atoms with E-state index in [9.17, 15) is 12.8 Å². The van der Waals surface area contributed by atoms with E-state index in [2.05, 4.69) is 0 Å². The molecule has 2 rings (SSSR count). The predicted molar refractivity (Wildman–Crippen MR) is 79.0 cm³/mol. The first kappa shape index (κ1) is 16.8. The number of hydrogen-bond donors (Lipinski definition) is 0. The SMILES string of the molecule is O=S(=O)(Cl)CC1(COc2ccc(Cl)c(F)c2)CCOCC1. The average molecular weight is 357 g/mol. The van der Waals surface area contributed by atoms with Crippen LogP contribution in [0, 0.1) is 11.2 Å². The van der Waals surface area contributed by atoms with Gasteiger partial charge in [0.2, 0.25) is 9.05 Å². The summed E-state index contributed by atoms with van der Waals surface area (Å²) in [6.07, 6.45) is 1.05. The number of halogens is 3. The molecule has 0 atom stereocenters. The van der Waals surface area contributed by atoms with Gasteiger partial charge in [0.05, 0.1) is 17.4 Å². The molecule has 1 aliphatic heterocycles. The number of hydrogen-bond acceptors (Lipinski definition) is 4. The summed E-state index contributed by atoms with van der Waals surface area (Å²) in [5.41, 5.74) is -0.616. The van der Waals surface area contributed by atoms with Crippen molar-refractivity contribution in [1.29, 1.82) is 0 Å². The number of rotatable bonds is 5. The normalized spacial score (nSPS) is 18.4. The lowest BCUT2D eigenvalue weighted by Gasteiger charge is -2.35. The van der Waals surface area contributed by atoms with Gasteiger partial charge in [0.15, 0.2) is 0 Å². The van der Waals surface area contributed by atoms with Crippen LogP contribution in [0.25, 0.3) is 0 Å². The third-order valence-corrected chi connectivity index (χ3v) is 5.06. The van der Waals surface area contributed by atoms with Gasteiger partial charge in [0.1, 0.15) is 11.6 Å². The lowest BCUT2D eigenvalue weighted by Crippen LogP contribution is -2.40. The highest BCUT2D eigenvalue weighted by atomic mass is 35.7. The molecule has 0 bridgehead atoms. The van der Waals surface area contributed by atoms with Gasteiger partial charge in [-0.3, -0.25) is 0 Å². The minimum Gasteiger partial charge on any atom is -0.493 e. The Hall–Kier alpha value is -0.560. The van der Waals surface area contributed by atoms with Crippen LogP contribution in [0.4, 0.5) is 4.39 Å². The molecule has 1 fully saturated rings. The van der Waals surface area contributed by atoms with Crippen LogP contribution >= 0.6 is 22.3 Å². The first-order valence-corrected chi connectivity index (χ1v) is 9.23. The zero-order valence-corrected chi connectivity index (χ0v) is 13.5. The van der Waals surface area contributed by atoms with Crippen LogP contribution < -0.4 is 4.74 Å². The number of benzene rings is 1. The van der Waals surface area contributed by atoms with Gasteiger partial charge in [0, 0.05) is 35.4 Å². The third-order valence-electron chi connectivity index (χ3n) is 3.47. The molecule has 1 heterocycles. The highest BCUT2D eigenvalue weighted by Gasteiger charge is 2.37. The van der Waals surface area contributed by atoms with Crippen molar-refractivity contribution >= 4 is 31.3 Å². The smallest absolute Gasteiger partial charge is 0.233 e. The van der Waals surface area contributed by atoms with Crippen molar-refractivity contribution < 1.29 is 22.3 Å². The van der Waals surface area contributed by atoms with E-state index >= 15 is 0 Å². The molecule has 0 aliphatic carbocycles. The van der Waals surface area contributed by atoms with Crippen molar-refractivity contribution in [2.45, 2.75) is 12.8 Å². The Morgan fingerprint density at radius 1 is 1.33 bits per heavy atom. The van der Waals surface area contributed by atoms with E-state index in [1.54, 1.807) is 0 Å². The van der Waals surface area contributed by atoms with E-state index in [4.69, 9.17) is 31.8 Å². The minimum atomic E-state index is -3.66. The van der Waals surface area contributed by atoms with Crippen molar-refractivity contribution in [3.8, 4) is 5.75 Å². The molecule has 0 radical (unpaired) electrons. The minimum absolute atomic E-state index is 0.00599. The van der Waals surface area contributed by atoms with Crippen molar-refractivity contribution in [2.24, 2.45) is 5.41 Å². The fourth-order valence-corrected chi connectivity index (χ4v) is 4.22. The van der Waals surface area contributed by atoms with E-state index in [1.807, 2.05) is 0 Å². The molecule has 0 N–H and O–H groups in total. The Bertz CT molecular complexity index is 600. The molecule has 0 amide bonds. The van der Waals surface area contributed by atoms with Gasteiger partial charge in [-0.15, -0.1) is 0 Å². The summed E-state index contributed by atoms with van der Waals surface area (Å²) in [7, 11) is 1.72. The van der Waals surface area contributed by atoms with Crippen molar-refractivity contribution in [1.82, 2.24) is 0 Å². The maximum atomic E-state index is 13.4. The molecule has 0 unspecified atom stereocenters. The fourth-order valence-electron chi connectivity index (χ4n) is 2.30. The molecule has 1 saturated heterocycles. The Labute approximate surface area is 132 Å². The molecule has 118 valence electrons. The highest BCUT2D eigenvalue weighted by Crippen LogP contribution is 2.34. The lowest BCUT2D eigenvalue weighted by molar-refractivity contribution is 0.00223. The Morgan fingerprint density at radius 3 is 2.57 bits per heavy atom. The first-order valence-electron chi connectivity index (χ1n) is 6.38. The summed E-state index contributed by atoms with van der Waals surface area (Å²) in [5.74, 6) is -0.476. The maximum absolute atomic E-state index is 13.4. The quantitative estimate of drug-likeness (QED) is 0.760. The molecule has 21 heavy (non-hydrogen) atoms. The zero-order valence-electron chi connectivity index (χ0n) is 11.1. The van der Waals surface area contributed by atoms with Crippen LogP contribution in [-0.2, 0) is 13.8 Å². The molecule has 8 heteroatoms. The lowest BCUT2D eigenvalue weighted by atomic mass is 9.83. The second-order valence-electron chi connectivity index (χ2n) is 5.16.